The molecule has 0 aliphatic carbocycles. The molecule has 2 N–H and O–H groups in total. The molecule has 2 rings (SSSR count). The van der Waals surface area contributed by atoms with Crippen molar-refractivity contribution < 1.29 is 22.6 Å². The zero-order chi connectivity index (χ0) is 21.2. The molecule has 0 atom stereocenters. The predicted octanol–water partition coefficient (Wildman–Crippen LogP) is 3.56. The van der Waals surface area contributed by atoms with Gasteiger partial charge in [0.25, 0.3) is 0 Å². The summed E-state index contributed by atoms with van der Waals surface area (Å²) in [6.45, 7) is -0.761. The Bertz CT molecular complexity index is 898. The van der Waals surface area contributed by atoms with Gasteiger partial charge in [-0.05, 0) is 31.2 Å². The largest absolute Gasteiger partial charge is 0.490 e. The van der Waals surface area contributed by atoms with Gasteiger partial charge in [0, 0.05) is 31.3 Å². The fourth-order valence-corrected chi connectivity index (χ4v) is 2.55. The maximum absolute atomic E-state index is 13.9. The number of guanidine groups is 1. The molecule has 29 heavy (non-hydrogen) atoms. The minimum atomic E-state index is -3.00. The minimum Gasteiger partial charge on any atom is -0.490 e. The Labute approximate surface area is 167 Å². The van der Waals surface area contributed by atoms with E-state index < -0.39 is 12.4 Å². The highest BCUT2D eigenvalue weighted by atomic mass is 19.3. The van der Waals surface area contributed by atoms with E-state index in [-0.39, 0.29) is 24.6 Å². The quantitative estimate of drug-likeness (QED) is 0.518. The first-order chi connectivity index (χ1) is 14.0. The molecule has 0 bridgehead atoms. The van der Waals surface area contributed by atoms with Crippen molar-refractivity contribution in [1.29, 1.82) is 5.26 Å². The molecule has 0 spiro atoms. The van der Waals surface area contributed by atoms with Crippen LogP contribution in [0.5, 0.6) is 11.5 Å². The lowest BCUT2D eigenvalue weighted by atomic mass is 10.1. The van der Waals surface area contributed by atoms with E-state index in [9.17, 15) is 13.2 Å². The number of rotatable bonds is 8. The molecule has 0 unspecified atom stereocenters. The third-order valence-electron chi connectivity index (χ3n) is 3.86. The summed E-state index contributed by atoms with van der Waals surface area (Å²) in [6.07, 6.45) is 0. The Balaban J connectivity index is 2.08. The van der Waals surface area contributed by atoms with Crippen LogP contribution in [0.4, 0.5) is 13.2 Å². The van der Waals surface area contributed by atoms with Crippen LogP contribution in [0.15, 0.2) is 41.4 Å². The standard InChI is InChI=1S/C20H21F3N4O2/c1-3-28-17-6-4-5-14(18(17)29-19(22)23)11-26-20(25-2)27-12-15-9-13(10-24)7-8-16(15)21/h4-9,19H,3,11-12H2,1-2H3,(H2,25,26,27). The predicted molar refractivity (Wildman–Crippen MR) is 102 cm³/mol. The van der Waals surface area contributed by atoms with E-state index >= 15 is 0 Å². The van der Waals surface area contributed by atoms with E-state index in [1.165, 1.54) is 25.2 Å². The lowest BCUT2D eigenvalue weighted by molar-refractivity contribution is -0.0520. The number of benzene rings is 2. The Morgan fingerprint density at radius 3 is 2.52 bits per heavy atom. The Morgan fingerprint density at radius 2 is 1.90 bits per heavy atom. The molecule has 0 saturated heterocycles. The summed E-state index contributed by atoms with van der Waals surface area (Å²) in [6, 6.07) is 10.8. The van der Waals surface area contributed by atoms with Crippen molar-refractivity contribution in [2.75, 3.05) is 13.7 Å². The van der Waals surface area contributed by atoms with Gasteiger partial charge in [0.05, 0.1) is 18.2 Å². The highest BCUT2D eigenvalue weighted by molar-refractivity contribution is 5.79. The Kier molecular flexibility index (Phi) is 8.15. The van der Waals surface area contributed by atoms with E-state index in [1.54, 1.807) is 25.1 Å². The second-order valence-electron chi connectivity index (χ2n) is 5.75. The van der Waals surface area contributed by atoms with Crippen LogP contribution in [0.25, 0.3) is 0 Å². The molecule has 0 heterocycles. The van der Waals surface area contributed by atoms with Crippen LogP contribution in [0.3, 0.4) is 0 Å². The number of para-hydroxylation sites is 1. The lowest BCUT2D eigenvalue weighted by Gasteiger charge is -2.17. The number of hydrogen-bond donors (Lipinski definition) is 2. The molecule has 0 aliphatic rings. The summed E-state index contributed by atoms with van der Waals surface area (Å²) in [7, 11) is 1.52. The molecule has 0 fully saturated rings. The zero-order valence-electron chi connectivity index (χ0n) is 16.0. The van der Waals surface area contributed by atoms with Gasteiger partial charge in [0.1, 0.15) is 5.82 Å². The second-order valence-corrected chi connectivity index (χ2v) is 5.75. The van der Waals surface area contributed by atoms with Gasteiger partial charge < -0.3 is 20.1 Å². The van der Waals surface area contributed by atoms with Gasteiger partial charge in [0.2, 0.25) is 0 Å². The van der Waals surface area contributed by atoms with Crippen LogP contribution in [-0.4, -0.2) is 26.2 Å². The maximum Gasteiger partial charge on any atom is 0.387 e. The topological polar surface area (TPSA) is 78.7 Å². The molecule has 0 amide bonds. The van der Waals surface area contributed by atoms with E-state index in [0.717, 1.165) is 0 Å². The first-order valence-electron chi connectivity index (χ1n) is 8.81. The average Bonchev–Trinajstić information content (AvgIpc) is 2.71. The summed E-state index contributed by atoms with van der Waals surface area (Å²) in [5.74, 6) is 0.0195. The second kappa shape index (κ2) is 10.8. The Hall–Kier alpha value is -3.41. The molecule has 154 valence electrons. The third kappa shape index (κ3) is 6.31. The van der Waals surface area contributed by atoms with Gasteiger partial charge >= 0.3 is 6.61 Å². The van der Waals surface area contributed by atoms with Crippen LogP contribution in [0.2, 0.25) is 0 Å². The van der Waals surface area contributed by atoms with Crippen LogP contribution >= 0.6 is 0 Å². The number of alkyl halides is 2. The van der Waals surface area contributed by atoms with Crippen molar-refractivity contribution in [3.8, 4) is 17.6 Å². The van der Waals surface area contributed by atoms with Crippen LogP contribution < -0.4 is 20.1 Å². The molecule has 0 aromatic heterocycles. The van der Waals surface area contributed by atoms with Gasteiger partial charge in [-0.15, -0.1) is 0 Å². The fourth-order valence-electron chi connectivity index (χ4n) is 2.55. The number of nitrogens with zero attached hydrogens (tertiary/aromatic N) is 2. The zero-order valence-corrected chi connectivity index (χ0v) is 16.0. The molecule has 6 nitrogen and oxygen atoms in total. The third-order valence-corrected chi connectivity index (χ3v) is 3.86. The number of nitrogens with one attached hydrogen (secondary N) is 2. The maximum atomic E-state index is 13.9. The van der Waals surface area contributed by atoms with Crippen LogP contribution in [0, 0.1) is 17.1 Å². The fraction of sp³-hybridized carbons (Fsp3) is 0.300. The summed E-state index contributed by atoms with van der Waals surface area (Å²) in [5, 5.41) is 14.8. The summed E-state index contributed by atoms with van der Waals surface area (Å²) < 4.78 is 49.5. The first-order valence-corrected chi connectivity index (χ1v) is 8.81. The lowest BCUT2D eigenvalue weighted by Crippen LogP contribution is -2.36. The Morgan fingerprint density at radius 1 is 1.17 bits per heavy atom. The van der Waals surface area contributed by atoms with E-state index in [0.29, 0.717) is 29.3 Å². The van der Waals surface area contributed by atoms with Crippen molar-refractivity contribution in [2.45, 2.75) is 26.6 Å². The highest BCUT2D eigenvalue weighted by Crippen LogP contribution is 2.32. The monoisotopic (exact) mass is 406 g/mol. The number of aliphatic imine (C=N–C) groups is 1. The van der Waals surface area contributed by atoms with Gasteiger partial charge in [-0.3, -0.25) is 4.99 Å². The molecular weight excluding hydrogens is 385 g/mol. The van der Waals surface area contributed by atoms with Crippen molar-refractivity contribution in [3.05, 3.63) is 58.9 Å². The minimum absolute atomic E-state index is 0.0555. The van der Waals surface area contributed by atoms with E-state index in [2.05, 4.69) is 20.4 Å². The number of halogens is 3. The van der Waals surface area contributed by atoms with Crippen LogP contribution in [0.1, 0.15) is 23.6 Å². The van der Waals surface area contributed by atoms with Gasteiger partial charge in [-0.1, -0.05) is 12.1 Å². The van der Waals surface area contributed by atoms with Crippen molar-refractivity contribution >= 4 is 5.96 Å². The summed E-state index contributed by atoms with van der Waals surface area (Å²) in [5.41, 5.74) is 1.08. The average molecular weight is 406 g/mol. The number of nitriles is 1. The normalized spacial score (nSPS) is 11.1. The molecule has 9 heteroatoms. The van der Waals surface area contributed by atoms with E-state index in [1.807, 2.05) is 6.07 Å². The molecule has 2 aromatic rings. The van der Waals surface area contributed by atoms with E-state index in [4.69, 9.17) is 10.00 Å². The highest BCUT2D eigenvalue weighted by Gasteiger charge is 2.16. The van der Waals surface area contributed by atoms with Gasteiger partial charge in [-0.2, -0.15) is 14.0 Å². The van der Waals surface area contributed by atoms with Gasteiger partial charge in [0.15, 0.2) is 17.5 Å². The smallest absolute Gasteiger partial charge is 0.387 e. The number of hydrogen-bond acceptors (Lipinski definition) is 4. The molecule has 0 aliphatic heterocycles. The molecule has 0 radical (unpaired) electrons. The molecule has 2 aromatic carbocycles. The molecular formula is C20H21F3N4O2. The summed E-state index contributed by atoms with van der Waals surface area (Å²) >= 11 is 0. The number of ether oxygens (including phenoxy) is 2. The van der Waals surface area contributed by atoms with Crippen LogP contribution in [-0.2, 0) is 13.1 Å². The molecule has 0 saturated carbocycles. The van der Waals surface area contributed by atoms with Crippen molar-refractivity contribution in [2.24, 2.45) is 4.99 Å². The summed E-state index contributed by atoms with van der Waals surface area (Å²) in [4.78, 5) is 4.03. The first kappa shape index (κ1) is 21.9. The van der Waals surface area contributed by atoms with Crippen molar-refractivity contribution in [3.63, 3.8) is 0 Å². The SMILES string of the molecule is CCOc1cccc(CNC(=NC)NCc2cc(C#N)ccc2F)c1OC(F)F. The van der Waals surface area contributed by atoms with Crippen molar-refractivity contribution in [1.82, 2.24) is 10.6 Å². The van der Waals surface area contributed by atoms with Gasteiger partial charge in [-0.25, -0.2) is 4.39 Å².